The van der Waals surface area contributed by atoms with Gasteiger partial charge in [-0.2, -0.15) is 0 Å². The van der Waals surface area contributed by atoms with Crippen molar-refractivity contribution < 1.29 is 5.11 Å². The first-order valence-electron chi connectivity index (χ1n) is 5.98. The Balaban J connectivity index is 1.96. The molecule has 1 aliphatic rings. The molecule has 1 atom stereocenters. The molecule has 2 N–H and O–H groups in total. The van der Waals surface area contributed by atoms with Gasteiger partial charge in [-0.05, 0) is 23.3 Å². The van der Waals surface area contributed by atoms with E-state index in [1.165, 1.54) is 0 Å². The van der Waals surface area contributed by atoms with Gasteiger partial charge in [0.05, 0.1) is 0 Å². The number of benzene rings is 2. The first-order valence-corrected chi connectivity index (χ1v) is 6.35. The highest BCUT2D eigenvalue weighted by Crippen LogP contribution is 2.33. The summed E-state index contributed by atoms with van der Waals surface area (Å²) in [6.07, 6.45) is 0.543. The molecule has 1 aliphatic heterocycles. The maximum absolute atomic E-state index is 10.8. The summed E-state index contributed by atoms with van der Waals surface area (Å²) in [4.78, 5) is 0. The fourth-order valence-corrected chi connectivity index (χ4v) is 2.65. The van der Waals surface area contributed by atoms with Crippen molar-refractivity contribution >= 4 is 11.6 Å². The third kappa shape index (κ3) is 2.03. The number of hydrogen-bond acceptors (Lipinski definition) is 2. The van der Waals surface area contributed by atoms with E-state index in [1.54, 1.807) is 0 Å². The predicted molar refractivity (Wildman–Crippen MR) is 72.3 cm³/mol. The van der Waals surface area contributed by atoms with Crippen LogP contribution in [0.1, 0.15) is 16.7 Å². The summed E-state index contributed by atoms with van der Waals surface area (Å²) in [5.74, 6) is 0. The number of rotatable bonds is 2. The summed E-state index contributed by atoms with van der Waals surface area (Å²) in [5.41, 5.74) is 2.08. The van der Waals surface area contributed by atoms with Crippen molar-refractivity contribution in [2.24, 2.45) is 0 Å². The lowest BCUT2D eigenvalue weighted by Crippen LogP contribution is -2.38. The summed E-state index contributed by atoms with van der Waals surface area (Å²) in [7, 11) is 0. The lowest BCUT2D eigenvalue weighted by Gasteiger charge is -2.24. The summed E-state index contributed by atoms with van der Waals surface area (Å²) >= 11 is 6.01. The van der Waals surface area contributed by atoms with Crippen LogP contribution in [0.4, 0.5) is 0 Å². The van der Waals surface area contributed by atoms with E-state index in [1.807, 2.05) is 48.5 Å². The first kappa shape index (κ1) is 11.7. The highest BCUT2D eigenvalue weighted by Gasteiger charge is 2.36. The van der Waals surface area contributed by atoms with Crippen LogP contribution < -0.4 is 5.32 Å². The molecule has 0 radical (unpaired) electrons. The minimum Gasteiger partial charge on any atom is -0.371 e. The molecule has 0 bridgehead atoms. The molecule has 0 amide bonds. The van der Waals surface area contributed by atoms with Gasteiger partial charge in [-0.15, -0.1) is 0 Å². The highest BCUT2D eigenvalue weighted by atomic mass is 35.5. The molecule has 2 aromatic carbocycles. The Bertz CT molecular complexity index is 570. The number of nitrogens with one attached hydrogen (secondary N) is 1. The summed E-state index contributed by atoms with van der Waals surface area (Å²) < 4.78 is 0. The maximum atomic E-state index is 10.8. The predicted octanol–water partition coefficient (Wildman–Crippen LogP) is 2.83. The number of hydrogen-bond donors (Lipinski definition) is 2. The van der Waals surface area contributed by atoms with E-state index in [9.17, 15) is 5.11 Å². The fourth-order valence-electron chi connectivity index (χ4n) is 2.47. The normalized spacial score (nSPS) is 21.9. The Morgan fingerprint density at radius 2 is 1.94 bits per heavy atom. The van der Waals surface area contributed by atoms with Crippen molar-refractivity contribution in [2.45, 2.75) is 18.7 Å². The van der Waals surface area contributed by atoms with Gasteiger partial charge in [0.1, 0.15) is 5.72 Å². The third-order valence-corrected chi connectivity index (χ3v) is 3.63. The van der Waals surface area contributed by atoms with Crippen molar-refractivity contribution in [3.05, 3.63) is 70.2 Å². The second-order valence-corrected chi connectivity index (χ2v) is 5.11. The molecular weight excluding hydrogens is 246 g/mol. The van der Waals surface area contributed by atoms with E-state index < -0.39 is 5.72 Å². The molecule has 1 heterocycles. The first-order chi connectivity index (χ1) is 8.67. The van der Waals surface area contributed by atoms with Crippen LogP contribution in [0.15, 0.2) is 48.5 Å². The molecule has 0 aromatic heterocycles. The van der Waals surface area contributed by atoms with Crippen molar-refractivity contribution in [2.75, 3.05) is 0 Å². The SMILES string of the molecule is OC1(Cc2ccccc2)NCc2ccc(Cl)cc21. The minimum absolute atomic E-state index is 0.543. The molecule has 3 rings (SSSR count). The Hall–Kier alpha value is -1.35. The van der Waals surface area contributed by atoms with Crippen LogP contribution in [0.2, 0.25) is 5.02 Å². The van der Waals surface area contributed by atoms with Gasteiger partial charge >= 0.3 is 0 Å². The molecule has 3 heteroatoms. The second kappa shape index (κ2) is 4.39. The third-order valence-electron chi connectivity index (χ3n) is 3.39. The van der Waals surface area contributed by atoms with Crippen LogP contribution in [-0.2, 0) is 18.7 Å². The van der Waals surface area contributed by atoms with Gasteiger partial charge in [0, 0.05) is 23.6 Å². The van der Waals surface area contributed by atoms with Crippen LogP contribution in [0.25, 0.3) is 0 Å². The minimum atomic E-state index is -1.01. The maximum Gasteiger partial charge on any atom is 0.146 e. The smallest absolute Gasteiger partial charge is 0.146 e. The van der Waals surface area contributed by atoms with E-state index >= 15 is 0 Å². The Morgan fingerprint density at radius 3 is 2.72 bits per heavy atom. The molecule has 0 saturated carbocycles. The molecule has 92 valence electrons. The molecule has 2 aromatic rings. The molecule has 18 heavy (non-hydrogen) atoms. The monoisotopic (exact) mass is 259 g/mol. The van der Waals surface area contributed by atoms with Gasteiger partial charge in [0.25, 0.3) is 0 Å². The van der Waals surface area contributed by atoms with Crippen molar-refractivity contribution in [3.63, 3.8) is 0 Å². The average molecular weight is 260 g/mol. The van der Waals surface area contributed by atoms with Crippen LogP contribution in [0.3, 0.4) is 0 Å². The molecule has 0 fully saturated rings. The highest BCUT2D eigenvalue weighted by molar-refractivity contribution is 6.30. The molecule has 0 saturated heterocycles. The average Bonchev–Trinajstić information content (AvgIpc) is 2.68. The molecule has 1 unspecified atom stereocenters. The largest absolute Gasteiger partial charge is 0.371 e. The van der Waals surface area contributed by atoms with Crippen molar-refractivity contribution in [1.82, 2.24) is 5.32 Å². The topological polar surface area (TPSA) is 32.3 Å². The van der Waals surface area contributed by atoms with Crippen molar-refractivity contribution in [3.8, 4) is 0 Å². The van der Waals surface area contributed by atoms with E-state index in [4.69, 9.17) is 11.6 Å². The van der Waals surface area contributed by atoms with Crippen LogP contribution in [-0.4, -0.2) is 5.11 Å². The van der Waals surface area contributed by atoms with Crippen LogP contribution >= 0.6 is 11.6 Å². The zero-order valence-electron chi connectivity index (χ0n) is 9.86. The lowest BCUT2D eigenvalue weighted by atomic mass is 9.95. The number of fused-ring (bicyclic) bond motifs is 1. The standard InChI is InChI=1S/C15H14ClNO/c16-13-7-6-12-10-17-15(18,14(12)8-13)9-11-4-2-1-3-5-11/h1-8,17-18H,9-10H2. The number of aliphatic hydroxyl groups is 1. The van der Waals surface area contributed by atoms with E-state index in [0.29, 0.717) is 18.0 Å². The summed E-state index contributed by atoms with van der Waals surface area (Å²) in [6.45, 7) is 0.676. The van der Waals surface area contributed by atoms with Crippen LogP contribution in [0, 0.1) is 0 Å². The van der Waals surface area contributed by atoms with Gasteiger partial charge in [-0.25, -0.2) is 0 Å². The summed E-state index contributed by atoms with van der Waals surface area (Å²) in [5, 5.41) is 14.6. The van der Waals surface area contributed by atoms with E-state index in [-0.39, 0.29) is 0 Å². The number of halogens is 1. The molecular formula is C15H14ClNO. The van der Waals surface area contributed by atoms with Gasteiger partial charge in [0.15, 0.2) is 0 Å². The lowest BCUT2D eigenvalue weighted by molar-refractivity contribution is 0.0111. The van der Waals surface area contributed by atoms with Gasteiger partial charge in [0.2, 0.25) is 0 Å². The van der Waals surface area contributed by atoms with E-state index in [2.05, 4.69) is 5.32 Å². The van der Waals surface area contributed by atoms with Gasteiger partial charge < -0.3 is 5.11 Å². The van der Waals surface area contributed by atoms with Gasteiger partial charge in [-0.3, -0.25) is 5.32 Å². The van der Waals surface area contributed by atoms with Crippen molar-refractivity contribution in [1.29, 1.82) is 0 Å². The fraction of sp³-hybridized carbons (Fsp3) is 0.200. The zero-order valence-corrected chi connectivity index (χ0v) is 10.6. The summed E-state index contributed by atoms with van der Waals surface area (Å²) in [6, 6.07) is 15.6. The molecule has 0 spiro atoms. The Kier molecular flexibility index (Phi) is 2.86. The zero-order chi connectivity index (χ0) is 12.6. The Morgan fingerprint density at radius 1 is 1.17 bits per heavy atom. The molecule has 0 aliphatic carbocycles. The van der Waals surface area contributed by atoms with E-state index in [0.717, 1.165) is 16.7 Å². The quantitative estimate of drug-likeness (QED) is 0.869. The molecule has 2 nitrogen and oxygen atoms in total. The Labute approximate surface area is 111 Å². The van der Waals surface area contributed by atoms with Crippen LogP contribution in [0.5, 0.6) is 0 Å². The van der Waals surface area contributed by atoms with Gasteiger partial charge in [-0.1, -0.05) is 48.0 Å². The second-order valence-electron chi connectivity index (χ2n) is 4.68.